The van der Waals surface area contributed by atoms with E-state index in [9.17, 15) is 8.42 Å². The van der Waals surface area contributed by atoms with Crippen LogP contribution >= 0.6 is 10.7 Å². The van der Waals surface area contributed by atoms with Gasteiger partial charge in [0.15, 0.2) is 0 Å². The van der Waals surface area contributed by atoms with Gasteiger partial charge in [0.05, 0.1) is 6.61 Å². The van der Waals surface area contributed by atoms with Crippen molar-refractivity contribution in [2.75, 3.05) is 6.61 Å². The number of aryl methyl sites for hydroxylation is 2. The molecule has 0 radical (unpaired) electrons. The van der Waals surface area contributed by atoms with Crippen molar-refractivity contribution in [2.24, 2.45) is 17.8 Å². The second kappa shape index (κ2) is 5.47. The topological polar surface area (TPSA) is 43.4 Å². The van der Waals surface area contributed by atoms with E-state index in [0.29, 0.717) is 18.3 Å². The Labute approximate surface area is 131 Å². The molecule has 0 spiro atoms. The fourth-order valence-electron chi connectivity index (χ4n) is 4.05. The third kappa shape index (κ3) is 3.07. The lowest BCUT2D eigenvalue weighted by Crippen LogP contribution is -2.19. The lowest BCUT2D eigenvalue weighted by Gasteiger charge is -2.23. The molecule has 3 nitrogen and oxygen atoms in total. The van der Waals surface area contributed by atoms with Crippen LogP contribution in [0, 0.1) is 31.6 Å². The van der Waals surface area contributed by atoms with E-state index in [-0.39, 0.29) is 4.90 Å². The average molecular weight is 329 g/mol. The van der Waals surface area contributed by atoms with Crippen LogP contribution in [0.2, 0.25) is 0 Å². The summed E-state index contributed by atoms with van der Waals surface area (Å²) in [6.07, 6.45) is 5.19. The maximum atomic E-state index is 11.8. The first-order valence-electron chi connectivity index (χ1n) is 7.53. The predicted molar refractivity (Wildman–Crippen MR) is 83.4 cm³/mol. The predicted octanol–water partition coefficient (Wildman–Crippen LogP) is 4.05. The fourth-order valence-corrected chi connectivity index (χ4v) is 5.16. The molecule has 0 N–H and O–H groups in total. The largest absolute Gasteiger partial charge is 0.492 e. The van der Waals surface area contributed by atoms with Gasteiger partial charge in [0, 0.05) is 10.7 Å². The number of benzene rings is 1. The molecule has 0 aromatic heterocycles. The molecule has 3 rings (SSSR count). The van der Waals surface area contributed by atoms with Crippen molar-refractivity contribution in [1.82, 2.24) is 0 Å². The molecule has 116 valence electrons. The minimum atomic E-state index is -3.79. The number of hydrogen-bond acceptors (Lipinski definition) is 3. The highest BCUT2D eigenvalue weighted by Crippen LogP contribution is 2.48. The zero-order valence-electron chi connectivity index (χ0n) is 12.4. The van der Waals surface area contributed by atoms with Crippen LogP contribution in [0.4, 0.5) is 0 Å². The second-order valence-corrected chi connectivity index (χ2v) is 9.13. The molecule has 3 unspecified atom stereocenters. The Balaban J connectivity index is 1.81. The van der Waals surface area contributed by atoms with Crippen LogP contribution in [0.15, 0.2) is 17.0 Å². The summed E-state index contributed by atoms with van der Waals surface area (Å²) in [5.74, 6) is 2.62. The quantitative estimate of drug-likeness (QED) is 0.783. The smallest absolute Gasteiger partial charge is 0.265 e. The van der Waals surface area contributed by atoms with Crippen LogP contribution in [0.25, 0.3) is 0 Å². The maximum Gasteiger partial charge on any atom is 0.265 e. The Morgan fingerprint density at radius 3 is 2.57 bits per heavy atom. The van der Waals surface area contributed by atoms with Gasteiger partial charge in [-0.2, -0.15) is 0 Å². The third-order valence-corrected chi connectivity index (χ3v) is 6.30. The molecule has 2 fully saturated rings. The molecule has 2 aliphatic rings. The first-order chi connectivity index (χ1) is 9.84. The molecule has 1 aromatic rings. The lowest BCUT2D eigenvalue weighted by molar-refractivity contribution is 0.191. The Bertz CT molecular complexity index is 654. The van der Waals surface area contributed by atoms with E-state index in [1.807, 2.05) is 19.9 Å². The number of hydrogen-bond donors (Lipinski definition) is 0. The number of rotatable bonds is 4. The first kappa shape index (κ1) is 15.2. The summed E-state index contributed by atoms with van der Waals surface area (Å²) < 4.78 is 29.5. The van der Waals surface area contributed by atoms with Crippen molar-refractivity contribution in [3.63, 3.8) is 0 Å². The Morgan fingerprint density at radius 1 is 1.24 bits per heavy atom. The van der Waals surface area contributed by atoms with Crippen molar-refractivity contribution < 1.29 is 13.2 Å². The maximum absolute atomic E-state index is 11.8. The minimum Gasteiger partial charge on any atom is -0.492 e. The highest BCUT2D eigenvalue weighted by atomic mass is 35.7. The van der Waals surface area contributed by atoms with Crippen LogP contribution in [0.1, 0.15) is 36.8 Å². The Hall–Kier alpha value is -0.740. The van der Waals surface area contributed by atoms with Crippen LogP contribution in [-0.2, 0) is 9.05 Å². The molecule has 1 aromatic carbocycles. The molecule has 0 saturated heterocycles. The summed E-state index contributed by atoms with van der Waals surface area (Å²) in [5, 5.41) is 0. The van der Waals surface area contributed by atoms with Gasteiger partial charge in [0.1, 0.15) is 10.6 Å². The molecule has 2 bridgehead atoms. The van der Waals surface area contributed by atoms with Crippen molar-refractivity contribution in [3.05, 3.63) is 23.3 Å². The average Bonchev–Trinajstić information content (AvgIpc) is 2.98. The van der Waals surface area contributed by atoms with Crippen molar-refractivity contribution in [3.8, 4) is 5.75 Å². The van der Waals surface area contributed by atoms with Crippen molar-refractivity contribution in [2.45, 2.75) is 44.4 Å². The summed E-state index contributed by atoms with van der Waals surface area (Å²) in [7, 11) is 1.77. The zero-order chi connectivity index (χ0) is 15.2. The standard InChI is InChI=1S/C16H21ClO3S/c1-10-5-11(2)16(15(6-10)21(17,18)19)20-9-14-8-12-3-4-13(14)7-12/h5-6,12-14H,3-4,7-9H2,1-2H3. The van der Waals surface area contributed by atoms with E-state index in [4.69, 9.17) is 15.4 Å². The third-order valence-electron chi connectivity index (χ3n) is 4.97. The van der Waals surface area contributed by atoms with Gasteiger partial charge in [-0.25, -0.2) is 8.42 Å². The molecule has 5 heteroatoms. The molecule has 2 aliphatic carbocycles. The van der Waals surface area contributed by atoms with E-state index in [0.717, 1.165) is 23.0 Å². The van der Waals surface area contributed by atoms with Crippen LogP contribution in [0.3, 0.4) is 0 Å². The fraction of sp³-hybridized carbons (Fsp3) is 0.625. The van der Waals surface area contributed by atoms with Gasteiger partial charge in [0.25, 0.3) is 9.05 Å². The number of fused-ring (bicyclic) bond motifs is 2. The molecule has 0 aliphatic heterocycles. The zero-order valence-corrected chi connectivity index (χ0v) is 14.0. The Kier molecular flexibility index (Phi) is 3.95. The summed E-state index contributed by atoms with van der Waals surface area (Å²) in [6, 6.07) is 3.52. The second-order valence-electron chi connectivity index (χ2n) is 6.59. The van der Waals surface area contributed by atoms with Gasteiger partial charge in [-0.3, -0.25) is 0 Å². The van der Waals surface area contributed by atoms with Gasteiger partial charge in [-0.15, -0.1) is 0 Å². The molecular weight excluding hydrogens is 308 g/mol. The molecule has 0 heterocycles. The van der Waals surface area contributed by atoms with Gasteiger partial charge >= 0.3 is 0 Å². The Morgan fingerprint density at radius 2 is 2.00 bits per heavy atom. The van der Waals surface area contributed by atoms with Crippen LogP contribution in [0.5, 0.6) is 5.75 Å². The van der Waals surface area contributed by atoms with E-state index in [1.165, 1.54) is 25.7 Å². The normalized spacial score (nSPS) is 28.0. The van der Waals surface area contributed by atoms with E-state index in [2.05, 4.69) is 0 Å². The molecule has 0 amide bonds. The summed E-state index contributed by atoms with van der Waals surface area (Å²) in [4.78, 5) is 0.102. The van der Waals surface area contributed by atoms with Crippen LogP contribution < -0.4 is 4.74 Å². The van der Waals surface area contributed by atoms with Gasteiger partial charge in [0.2, 0.25) is 0 Å². The van der Waals surface area contributed by atoms with Gasteiger partial charge < -0.3 is 4.74 Å². The number of ether oxygens (including phenoxy) is 1. The highest BCUT2D eigenvalue weighted by molar-refractivity contribution is 8.13. The monoisotopic (exact) mass is 328 g/mol. The summed E-state index contributed by atoms with van der Waals surface area (Å²) in [6.45, 7) is 4.33. The van der Waals surface area contributed by atoms with Gasteiger partial charge in [-0.05, 0) is 68.1 Å². The van der Waals surface area contributed by atoms with E-state index in [1.54, 1.807) is 6.07 Å². The van der Waals surface area contributed by atoms with Crippen LogP contribution in [-0.4, -0.2) is 15.0 Å². The van der Waals surface area contributed by atoms with E-state index < -0.39 is 9.05 Å². The molecular formula is C16H21ClO3S. The summed E-state index contributed by atoms with van der Waals surface area (Å²) in [5.41, 5.74) is 1.70. The molecule has 2 saturated carbocycles. The number of halogens is 1. The van der Waals surface area contributed by atoms with Gasteiger partial charge in [-0.1, -0.05) is 12.5 Å². The molecule has 21 heavy (non-hydrogen) atoms. The summed E-state index contributed by atoms with van der Waals surface area (Å²) >= 11 is 0. The minimum absolute atomic E-state index is 0.102. The SMILES string of the molecule is Cc1cc(C)c(OCC2CC3CCC2C3)c(S(=O)(=O)Cl)c1. The lowest BCUT2D eigenvalue weighted by atomic mass is 9.89. The first-order valence-corrected chi connectivity index (χ1v) is 9.84. The molecule has 3 atom stereocenters. The highest BCUT2D eigenvalue weighted by Gasteiger charge is 2.39. The van der Waals surface area contributed by atoms with Crippen molar-refractivity contribution >= 4 is 19.7 Å². The van der Waals surface area contributed by atoms with E-state index >= 15 is 0 Å². The van der Waals surface area contributed by atoms with Crippen molar-refractivity contribution in [1.29, 1.82) is 0 Å².